The van der Waals surface area contributed by atoms with Crippen LogP contribution in [0.15, 0.2) is 61.2 Å². The summed E-state index contributed by atoms with van der Waals surface area (Å²) < 4.78 is 5.16. The molecule has 7 nitrogen and oxygen atoms in total. The van der Waals surface area contributed by atoms with Crippen molar-refractivity contribution < 1.29 is 19.1 Å². The highest BCUT2D eigenvalue weighted by Crippen LogP contribution is 2.16. The van der Waals surface area contributed by atoms with Crippen LogP contribution in [0.1, 0.15) is 15.9 Å². The van der Waals surface area contributed by atoms with Crippen molar-refractivity contribution in [1.29, 1.82) is 0 Å². The van der Waals surface area contributed by atoms with Crippen molar-refractivity contribution in [3.05, 3.63) is 72.3 Å². The molecule has 0 aromatic heterocycles. The van der Waals surface area contributed by atoms with Gasteiger partial charge in [-0.3, -0.25) is 14.4 Å². The maximum Gasteiger partial charge on any atom is 0.313 e. The lowest BCUT2D eigenvalue weighted by Crippen LogP contribution is -2.36. The van der Waals surface area contributed by atoms with E-state index in [2.05, 4.69) is 22.5 Å². The first kappa shape index (κ1) is 19.7. The molecule has 0 atom stereocenters. The van der Waals surface area contributed by atoms with E-state index >= 15 is 0 Å². The number of benzene rings is 2. The molecule has 140 valence electrons. The molecule has 0 fully saturated rings. The van der Waals surface area contributed by atoms with Gasteiger partial charge in [0.25, 0.3) is 5.91 Å². The van der Waals surface area contributed by atoms with Crippen molar-refractivity contribution in [3.63, 3.8) is 0 Å². The molecule has 0 heterocycles. The summed E-state index contributed by atoms with van der Waals surface area (Å²) in [5.41, 5.74) is 1.37. The summed E-state index contributed by atoms with van der Waals surface area (Å²) in [4.78, 5) is 36.1. The van der Waals surface area contributed by atoms with E-state index < -0.39 is 11.8 Å². The van der Waals surface area contributed by atoms with E-state index in [9.17, 15) is 14.4 Å². The molecular formula is C20H21N3O4. The molecule has 0 spiro atoms. The quantitative estimate of drug-likeness (QED) is 0.514. The lowest BCUT2D eigenvalue weighted by Gasteiger charge is -2.11. The number of amides is 3. The number of rotatable bonds is 7. The zero-order valence-electron chi connectivity index (χ0n) is 15.0. The summed E-state index contributed by atoms with van der Waals surface area (Å²) in [6, 6.07) is 13.8. The van der Waals surface area contributed by atoms with Gasteiger partial charge in [0.2, 0.25) is 0 Å². The Morgan fingerprint density at radius 1 is 1.04 bits per heavy atom. The van der Waals surface area contributed by atoms with E-state index in [0.717, 1.165) is 5.56 Å². The molecule has 0 radical (unpaired) electrons. The smallest absolute Gasteiger partial charge is 0.313 e. The van der Waals surface area contributed by atoms with Crippen LogP contribution in [-0.4, -0.2) is 31.4 Å². The molecule has 0 saturated carbocycles. The minimum Gasteiger partial charge on any atom is -0.497 e. The lowest BCUT2D eigenvalue weighted by atomic mass is 10.1. The van der Waals surface area contributed by atoms with Gasteiger partial charge in [0.1, 0.15) is 5.75 Å². The second kappa shape index (κ2) is 9.76. The van der Waals surface area contributed by atoms with Gasteiger partial charge >= 0.3 is 11.8 Å². The number of anilines is 1. The van der Waals surface area contributed by atoms with Crippen LogP contribution in [0.25, 0.3) is 0 Å². The molecule has 2 rings (SSSR count). The normalized spacial score (nSPS) is 9.81. The van der Waals surface area contributed by atoms with E-state index in [0.29, 0.717) is 5.75 Å². The topological polar surface area (TPSA) is 96.5 Å². The molecule has 2 aromatic carbocycles. The Morgan fingerprint density at radius 2 is 1.81 bits per heavy atom. The van der Waals surface area contributed by atoms with Gasteiger partial charge in [-0.25, -0.2) is 0 Å². The second-order valence-corrected chi connectivity index (χ2v) is 5.53. The number of carbonyl (C=O) groups is 3. The molecule has 0 bridgehead atoms. The van der Waals surface area contributed by atoms with Crippen molar-refractivity contribution >= 4 is 23.4 Å². The molecule has 0 saturated heterocycles. The number of carbonyl (C=O) groups excluding carboxylic acids is 3. The summed E-state index contributed by atoms with van der Waals surface area (Å²) in [5.74, 6) is -1.34. The van der Waals surface area contributed by atoms with Gasteiger partial charge in [-0.15, -0.1) is 6.58 Å². The van der Waals surface area contributed by atoms with Crippen LogP contribution in [0.2, 0.25) is 0 Å². The van der Waals surface area contributed by atoms with E-state index in [4.69, 9.17) is 4.74 Å². The monoisotopic (exact) mass is 367 g/mol. The molecular weight excluding hydrogens is 346 g/mol. The predicted molar refractivity (Wildman–Crippen MR) is 102 cm³/mol. The Labute approximate surface area is 157 Å². The van der Waals surface area contributed by atoms with Crippen molar-refractivity contribution in [1.82, 2.24) is 10.6 Å². The third kappa shape index (κ3) is 5.71. The molecule has 0 aliphatic rings. The first-order valence-corrected chi connectivity index (χ1v) is 8.25. The van der Waals surface area contributed by atoms with Gasteiger partial charge in [0.05, 0.1) is 18.4 Å². The average Bonchev–Trinajstić information content (AvgIpc) is 2.70. The van der Waals surface area contributed by atoms with Gasteiger partial charge < -0.3 is 20.7 Å². The van der Waals surface area contributed by atoms with E-state index in [1.165, 1.54) is 6.08 Å². The van der Waals surface area contributed by atoms with E-state index in [-0.39, 0.29) is 30.2 Å². The molecule has 27 heavy (non-hydrogen) atoms. The highest BCUT2D eigenvalue weighted by Gasteiger charge is 2.17. The van der Waals surface area contributed by atoms with Crippen LogP contribution < -0.4 is 20.7 Å². The fourth-order valence-electron chi connectivity index (χ4n) is 2.27. The average molecular weight is 367 g/mol. The van der Waals surface area contributed by atoms with Gasteiger partial charge in [0.15, 0.2) is 0 Å². The number of ether oxygens (including phenoxy) is 1. The van der Waals surface area contributed by atoms with Crippen LogP contribution in [0.5, 0.6) is 5.75 Å². The maximum absolute atomic E-state index is 12.5. The van der Waals surface area contributed by atoms with Crippen molar-refractivity contribution in [2.45, 2.75) is 6.54 Å². The van der Waals surface area contributed by atoms with Gasteiger partial charge in [0, 0.05) is 13.1 Å². The van der Waals surface area contributed by atoms with Gasteiger partial charge in [-0.05, 0) is 29.8 Å². The summed E-state index contributed by atoms with van der Waals surface area (Å²) in [7, 11) is 1.57. The zero-order chi connectivity index (χ0) is 19.6. The van der Waals surface area contributed by atoms with Crippen molar-refractivity contribution in [2.24, 2.45) is 0 Å². The van der Waals surface area contributed by atoms with Crippen molar-refractivity contribution in [3.8, 4) is 5.75 Å². The fraction of sp³-hybridized carbons (Fsp3) is 0.150. The number of methoxy groups -OCH3 is 1. The minimum atomic E-state index is -0.857. The summed E-state index contributed by atoms with van der Waals surface area (Å²) in [6.45, 7) is 3.93. The SMILES string of the molecule is C=CCNC(=O)C(=O)Nc1ccccc1C(=O)NCc1cccc(OC)c1. The Balaban J connectivity index is 2.05. The van der Waals surface area contributed by atoms with Crippen LogP contribution in [-0.2, 0) is 16.1 Å². The molecule has 0 aliphatic carbocycles. The molecule has 7 heteroatoms. The number of para-hydroxylation sites is 1. The Hall–Kier alpha value is -3.61. The third-order valence-electron chi connectivity index (χ3n) is 3.62. The van der Waals surface area contributed by atoms with Crippen LogP contribution in [0.3, 0.4) is 0 Å². The van der Waals surface area contributed by atoms with Crippen molar-refractivity contribution in [2.75, 3.05) is 19.0 Å². The summed E-state index contributed by atoms with van der Waals surface area (Å²) >= 11 is 0. The standard InChI is InChI=1S/C20H21N3O4/c1-3-11-21-19(25)20(26)23-17-10-5-4-9-16(17)18(24)22-13-14-7-6-8-15(12-14)27-2/h3-10,12H,1,11,13H2,2H3,(H,21,25)(H,22,24)(H,23,26). The highest BCUT2D eigenvalue weighted by atomic mass is 16.5. The van der Waals surface area contributed by atoms with Crippen LogP contribution in [0, 0.1) is 0 Å². The van der Waals surface area contributed by atoms with Crippen LogP contribution in [0.4, 0.5) is 5.69 Å². The Kier molecular flexibility index (Phi) is 7.13. The number of hydrogen-bond acceptors (Lipinski definition) is 4. The maximum atomic E-state index is 12.5. The van der Waals surface area contributed by atoms with E-state index in [1.54, 1.807) is 31.4 Å². The molecule has 3 amide bonds. The first-order chi connectivity index (χ1) is 13.0. The summed E-state index contributed by atoms with van der Waals surface area (Å²) in [6.07, 6.45) is 1.46. The molecule has 0 aliphatic heterocycles. The van der Waals surface area contributed by atoms with E-state index in [1.807, 2.05) is 24.3 Å². The third-order valence-corrected chi connectivity index (χ3v) is 3.62. The van der Waals surface area contributed by atoms with Gasteiger partial charge in [-0.2, -0.15) is 0 Å². The molecule has 2 aromatic rings. The zero-order valence-corrected chi connectivity index (χ0v) is 15.0. The first-order valence-electron chi connectivity index (χ1n) is 8.25. The molecule has 3 N–H and O–H groups in total. The Morgan fingerprint density at radius 3 is 2.56 bits per heavy atom. The predicted octanol–water partition coefficient (Wildman–Crippen LogP) is 1.87. The largest absolute Gasteiger partial charge is 0.497 e. The minimum absolute atomic E-state index is 0.176. The van der Waals surface area contributed by atoms with Gasteiger partial charge in [-0.1, -0.05) is 30.3 Å². The highest BCUT2D eigenvalue weighted by molar-refractivity contribution is 6.40. The fourth-order valence-corrected chi connectivity index (χ4v) is 2.27. The number of nitrogens with one attached hydrogen (secondary N) is 3. The second-order valence-electron chi connectivity index (χ2n) is 5.53. The Bertz CT molecular complexity index is 849. The lowest BCUT2D eigenvalue weighted by molar-refractivity contribution is -0.136. The summed E-state index contributed by atoms with van der Waals surface area (Å²) in [5, 5.41) is 7.61. The molecule has 0 unspecified atom stereocenters. The van der Waals surface area contributed by atoms with Crippen LogP contribution >= 0.6 is 0 Å². The number of hydrogen-bond donors (Lipinski definition) is 3.